The lowest BCUT2D eigenvalue weighted by Crippen LogP contribution is -2.29. The molecule has 1 heterocycles. The van der Waals surface area contributed by atoms with Crippen molar-refractivity contribution in [2.75, 3.05) is 5.73 Å². The third-order valence-corrected chi connectivity index (χ3v) is 2.84. The highest BCUT2D eigenvalue weighted by molar-refractivity contribution is 5.43. The van der Waals surface area contributed by atoms with Gasteiger partial charge in [0.1, 0.15) is 5.82 Å². The second kappa shape index (κ2) is 6.60. The van der Waals surface area contributed by atoms with Gasteiger partial charge in [-0.25, -0.2) is 4.98 Å². The lowest BCUT2D eigenvalue weighted by Gasteiger charge is -2.23. The van der Waals surface area contributed by atoms with Gasteiger partial charge in [0, 0.05) is 23.8 Å². The van der Waals surface area contributed by atoms with Crippen molar-refractivity contribution >= 4 is 5.82 Å². The number of aryl methyl sites for hydroxylation is 1. The van der Waals surface area contributed by atoms with E-state index in [0.29, 0.717) is 17.9 Å². The molecule has 1 rings (SSSR count). The highest BCUT2D eigenvalue weighted by Crippen LogP contribution is 2.24. The van der Waals surface area contributed by atoms with Crippen LogP contribution >= 0.6 is 0 Å². The first-order chi connectivity index (χ1) is 8.04. The number of unbranched alkanes of at least 4 members (excludes halogenated alkanes) is 1. The number of pyridine rings is 1. The van der Waals surface area contributed by atoms with Crippen LogP contribution in [0, 0.1) is 6.92 Å². The maximum Gasteiger partial charge on any atom is 0.128 e. The molecule has 0 aliphatic carbocycles. The molecule has 3 heteroatoms. The Morgan fingerprint density at radius 1 is 1.41 bits per heavy atom. The zero-order valence-corrected chi connectivity index (χ0v) is 11.5. The van der Waals surface area contributed by atoms with Gasteiger partial charge in [-0.2, -0.15) is 0 Å². The number of nitrogens with one attached hydrogen (secondary N) is 1. The van der Waals surface area contributed by atoms with E-state index in [-0.39, 0.29) is 0 Å². The summed E-state index contributed by atoms with van der Waals surface area (Å²) < 4.78 is 0. The van der Waals surface area contributed by atoms with Crippen LogP contribution in [0.3, 0.4) is 0 Å². The molecular formula is C14H25N3. The molecule has 1 unspecified atom stereocenters. The van der Waals surface area contributed by atoms with E-state index >= 15 is 0 Å². The predicted octanol–water partition coefficient (Wildman–Crippen LogP) is 3.20. The topological polar surface area (TPSA) is 50.9 Å². The first kappa shape index (κ1) is 14.0. The molecule has 0 saturated heterocycles. The first-order valence-electron chi connectivity index (χ1n) is 6.52. The van der Waals surface area contributed by atoms with E-state index in [1.807, 2.05) is 6.20 Å². The molecule has 0 bridgehead atoms. The number of aromatic nitrogens is 1. The minimum Gasteiger partial charge on any atom is -0.383 e. The summed E-state index contributed by atoms with van der Waals surface area (Å²) in [6.07, 6.45) is 5.35. The lowest BCUT2D eigenvalue weighted by atomic mass is 10.00. The predicted molar refractivity (Wildman–Crippen MR) is 73.9 cm³/mol. The standard InChI is InChI=1S/C14H25N3/c1-5-6-7-13(17-10(2)3)12-8-11(4)9-16-14(12)15/h8-10,13,17H,5-7H2,1-4H3,(H2,15,16). The molecule has 0 amide bonds. The summed E-state index contributed by atoms with van der Waals surface area (Å²) >= 11 is 0. The SMILES string of the molecule is CCCCC(NC(C)C)c1cc(C)cnc1N. The number of nitrogens with two attached hydrogens (primary N) is 1. The van der Waals surface area contributed by atoms with Gasteiger partial charge in [-0.3, -0.25) is 0 Å². The van der Waals surface area contributed by atoms with E-state index in [0.717, 1.165) is 12.0 Å². The Balaban J connectivity index is 2.90. The van der Waals surface area contributed by atoms with Crippen molar-refractivity contribution in [2.45, 2.75) is 59.0 Å². The Bertz CT molecular complexity index is 347. The van der Waals surface area contributed by atoms with Crippen molar-refractivity contribution in [1.29, 1.82) is 0 Å². The van der Waals surface area contributed by atoms with Crippen molar-refractivity contribution < 1.29 is 0 Å². The van der Waals surface area contributed by atoms with Crippen molar-refractivity contribution in [2.24, 2.45) is 0 Å². The average molecular weight is 235 g/mol. The minimum absolute atomic E-state index is 0.322. The second-order valence-corrected chi connectivity index (χ2v) is 5.00. The van der Waals surface area contributed by atoms with Crippen molar-refractivity contribution in [3.63, 3.8) is 0 Å². The fourth-order valence-corrected chi connectivity index (χ4v) is 2.02. The molecule has 0 aliphatic heterocycles. The minimum atomic E-state index is 0.322. The summed E-state index contributed by atoms with van der Waals surface area (Å²) in [5.41, 5.74) is 8.30. The normalized spacial score (nSPS) is 13.0. The van der Waals surface area contributed by atoms with Gasteiger partial charge >= 0.3 is 0 Å². The number of nitrogens with zero attached hydrogens (tertiary/aromatic N) is 1. The summed E-state index contributed by atoms with van der Waals surface area (Å²) in [6, 6.07) is 2.93. The highest BCUT2D eigenvalue weighted by Gasteiger charge is 2.15. The quantitative estimate of drug-likeness (QED) is 0.796. The Morgan fingerprint density at radius 2 is 2.12 bits per heavy atom. The van der Waals surface area contributed by atoms with E-state index in [9.17, 15) is 0 Å². The van der Waals surface area contributed by atoms with E-state index in [1.165, 1.54) is 18.4 Å². The van der Waals surface area contributed by atoms with Gasteiger partial charge in [0.05, 0.1) is 0 Å². The van der Waals surface area contributed by atoms with Crippen LogP contribution in [-0.2, 0) is 0 Å². The number of hydrogen-bond acceptors (Lipinski definition) is 3. The molecular weight excluding hydrogens is 210 g/mol. The van der Waals surface area contributed by atoms with Crippen molar-refractivity contribution in [3.05, 3.63) is 23.4 Å². The van der Waals surface area contributed by atoms with Gasteiger partial charge < -0.3 is 11.1 Å². The third-order valence-electron chi connectivity index (χ3n) is 2.84. The van der Waals surface area contributed by atoms with Gasteiger partial charge in [-0.05, 0) is 25.0 Å². The molecule has 0 aromatic carbocycles. The van der Waals surface area contributed by atoms with Crippen molar-refractivity contribution in [1.82, 2.24) is 10.3 Å². The van der Waals surface area contributed by atoms with Crippen LogP contribution in [0.5, 0.6) is 0 Å². The Morgan fingerprint density at radius 3 is 2.71 bits per heavy atom. The maximum absolute atomic E-state index is 5.99. The Hall–Kier alpha value is -1.09. The molecule has 0 fully saturated rings. The average Bonchev–Trinajstić information content (AvgIpc) is 2.27. The third kappa shape index (κ3) is 4.35. The molecule has 0 aliphatic rings. The molecule has 0 spiro atoms. The molecule has 3 nitrogen and oxygen atoms in total. The largest absolute Gasteiger partial charge is 0.383 e. The van der Waals surface area contributed by atoms with Gasteiger partial charge in [0.25, 0.3) is 0 Å². The van der Waals surface area contributed by atoms with E-state index in [4.69, 9.17) is 5.73 Å². The zero-order chi connectivity index (χ0) is 12.8. The second-order valence-electron chi connectivity index (χ2n) is 5.00. The molecule has 0 radical (unpaired) electrons. The van der Waals surface area contributed by atoms with E-state index in [1.54, 1.807) is 0 Å². The van der Waals surface area contributed by atoms with Crippen LogP contribution in [0.2, 0.25) is 0 Å². The van der Waals surface area contributed by atoms with Crippen LogP contribution in [0.15, 0.2) is 12.3 Å². The fraction of sp³-hybridized carbons (Fsp3) is 0.643. The van der Waals surface area contributed by atoms with Crippen molar-refractivity contribution in [3.8, 4) is 0 Å². The van der Waals surface area contributed by atoms with Crippen LogP contribution in [0.25, 0.3) is 0 Å². The number of nitrogen functional groups attached to an aromatic ring is 1. The Labute approximate surface area is 105 Å². The van der Waals surface area contributed by atoms with Gasteiger partial charge in [-0.15, -0.1) is 0 Å². The Kier molecular flexibility index (Phi) is 5.42. The van der Waals surface area contributed by atoms with Gasteiger partial charge in [0.2, 0.25) is 0 Å². The summed E-state index contributed by atoms with van der Waals surface area (Å²) in [6.45, 7) is 8.60. The maximum atomic E-state index is 5.99. The van der Waals surface area contributed by atoms with Crippen LogP contribution in [0.4, 0.5) is 5.82 Å². The zero-order valence-electron chi connectivity index (χ0n) is 11.5. The molecule has 96 valence electrons. The number of anilines is 1. The summed E-state index contributed by atoms with van der Waals surface area (Å²) in [7, 11) is 0. The van der Waals surface area contributed by atoms with Gasteiger partial charge in [-0.1, -0.05) is 33.6 Å². The molecule has 17 heavy (non-hydrogen) atoms. The fourth-order valence-electron chi connectivity index (χ4n) is 2.02. The summed E-state index contributed by atoms with van der Waals surface area (Å²) in [5.74, 6) is 0.657. The number of hydrogen-bond donors (Lipinski definition) is 2. The smallest absolute Gasteiger partial charge is 0.128 e. The van der Waals surface area contributed by atoms with Crippen LogP contribution in [0.1, 0.15) is 57.2 Å². The molecule has 3 N–H and O–H groups in total. The monoisotopic (exact) mass is 235 g/mol. The first-order valence-corrected chi connectivity index (χ1v) is 6.52. The molecule has 1 atom stereocenters. The summed E-state index contributed by atoms with van der Waals surface area (Å²) in [4.78, 5) is 4.25. The van der Waals surface area contributed by atoms with Gasteiger partial charge in [0.15, 0.2) is 0 Å². The number of rotatable bonds is 6. The summed E-state index contributed by atoms with van der Waals surface area (Å²) in [5, 5.41) is 3.58. The lowest BCUT2D eigenvalue weighted by molar-refractivity contribution is 0.440. The van der Waals surface area contributed by atoms with Crippen LogP contribution in [-0.4, -0.2) is 11.0 Å². The molecule has 1 aromatic heterocycles. The van der Waals surface area contributed by atoms with Crippen LogP contribution < -0.4 is 11.1 Å². The van der Waals surface area contributed by atoms with E-state index < -0.39 is 0 Å². The highest BCUT2D eigenvalue weighted by atomic mass is 15.0. The van der Waals surface area contributed by atoms with E-state index in [2.05, 4.69) is 44.1 Å². The molecule has 1 aromatic rings. The molecule has 0 saturated carbocycles.